The van der Waals surface area contributed by atoms with Crippen molar-refractivity contribution in [3.8, 4) is 5.75 Å². The Bertz CT molecular complexity index is 584. The van der Waals surface area contributed by atoms with Crippen LogP contribution in [0.2, 0.25) is 0 Å². The molecule has 1 amide bonds. The SMILES string of the molecule is CNC(=O)CCOc1c(C)cc(C)cc1S(=O)(=O)Cl. The van der Waals surface area contributed by atoms with Gasteiger partial charge in [-0.1, -0.05) is 6.07 Å². The first kappa shape index (κ1) is 15.8. The first-order valence-corrected chi connectivity index (χ1v) is 7.96. The summed E-state index contributed by atoms with van der Waals surface area (Å²) < 4.78 is 28.4. The summed E-state index contributed by atoms with van der Waals surface area (Å²) in [7, 11) is 3.02. The summed E-state index contributed by atoms with van der Waals surface area (Å²) in [5.74, 6) is 0.0181. The van der Waals surface area contributed by atoms with Crippen molar-refractivity contribution < 1.29 is 17.9 Å². The molecule has 0 saturated carbocycles. The largest absolute Gasteiger partial charge is 0.491 e. The molecule has 19 heavy (non-hydrogen) atoms. The lowest BCUT2D eigenvalue weighted by Gasteiger charge is -2.13. The molecule has 1 N–H and O–H groups in total. The van der Waals surface area contributed by atoms with Crippen molar-refractivity contribution in [1.82, 2.24) is 5.32 Å². The van der Waals surface area contributed by atoms with Gasteiger partial charge in [0, 0.05) is 17.7 Å². The second-order valence-electron chi connectivity index (χ2n) is 4.12. The van der Waals surface area contributed by atoms with Gasteiger partial charge in [0.05, 0.1) is 13.0 Å². The van der Waals surface area contributed by atoms with E-state index in [0.29, 0.717) is 5.56 Å². The Labute approximate surface area is 117 Å². The summed E-state index contributed by atoms with van der Waals surface area (Å²) >= 11 is 0. The van der Waals surface area contributed by atoms with Gasteiger partial charge in [0.15, 0.2) is 0 Å². The summed E-state index contributed by atoms with van der Waals surface area (Å²) in [6, 6.07) is 3.24. The topological polar surface area (TPSA) is 72.5 Å². The fourth-order valence-corrected chi connectivity index (χ4v) is 2.76. The third kappa shape index (κ3) is 4.40. The highest BCUT2D eigenvalue weighted by molar-refractivity contribution is 8.13. The molecule has 0 fully saturated rings. The molecule has 0 unspecified atom stereocenters. The second kappa shape index (κ2) is 6.25. The van der Waals surface area contributed by atoms with Crippen molar-refractivity contribution in [1.29, 1.82) is 0 Å². The van der Waals surface area contributed by atoms with Gasteiger partial charge in [-0.2, -0.15) is 0 Å². The van der Waals surface area contributed by atoms with E-state index in [9.17, 15) is 13.2 Å². The minimum absolute atomic E-state index is 0.0661. The zero-order chi connectivity index (χ0) is 14.6. The van der Waals surface area contributed by atoms with Crippen LogP contribution in [-0.4, -0.2) is 28.0 Å². The molecule has 0 aliphatic carbocycles. The maximum atomic E-state index is 11.5. The van der Waals surface area contributed by atoms with Crippen LogP contribution in [0.25, 0.3) is 0 Å². The number of hydrogen-bond acceptors (Lipinski definition) is 4. The van der Waals surface area contributed by atoms with Gasteiger partial charge in [0.1, 0.15) is 10.6 Å². The number of ether oxygens (including phenoxy) is 1. The minimum Gasteiger partial charge on any atom is -0.491 e. The molecule has 1 aromatic rings. The maximum Gasteiger partial charge on any atom is 0.265 e. The molecule has 1 rings (SSSR count). The highest BCUT2D eigenvalue weighted by Gasteiger charge is 2.19. The van der Waals surface area contributed by atoms with Crippen molar-refractivity contribution in [2.24, 2.45) is 0 Å². The highest BCUT2D eigenvalue weighted by atomic mass is 35.7. The van der Waals surface area contributed by atoms with E-state index in [1.807, 2.05) is 0 Å². The smallest absolute Gasteiger partial charge is 0.265 e. The van der Waals surface area contributed by atoms with Crippen LogP contribution in [0.5, 0.6) is 5.75 Å². The molecule has 0 bridgehead atoms. The summed E-state index contributed by atoms with van der Waals surface area (Å²) in [6.45, 7) is 3.59. The third-order valence-electron chi connectivity index (χ3n) is 2.50. The number of halogens is 1. The number of aryl methyl sites for hydroxylation is 2. The van der Waals surface area contributed by atoms with E-state index in [0.717, 1.165) is 5.56 Å². The van der Waals surface area contributed by atoms with Crippen molar-refractivity contribution in [2.75, 3.05) is 13.7 Å². The summed E-state index contributed by atoms with van der Waals surface area (Å²) in [6.07, 6.45) is 0.144. The zero-order valence-corrected chi connectivity index (χ0v) is 12.6. The van der Waals surface area contributed by atoms with E-state index in [2.05, 4.69) is 5.32 Å². The van der Waals surface area contributed by atoms with Crippen molar-refractivity contribution in [3.63, 3.8) is 0 Å². The summed E-state index contributed by atoms with van der Waals surface area (Å²) in [4.78, 5) is 11.0. The minimum atomic E-state index is -3.89. The Hall–Kier alpha value is -1.27. The van der Waals surface area contributed by atoms with Gasteiger partial charge in [-0.25, -0.2) is 8.42 Å². The van der Waals surface area contributed by atoms with Gasteiger partial charge in [0.2, 0.25) is 5.91 Å². The number of rotatable bonds is 5. The van der Waals surface area contributed by atoms with Gasteiger partial charge in [-0.05, 0) is 31.0 Å². The molecule has 106 valence electrons. The molecule has 0 heterocycles. The van der Waals surface area contributed by atoms with Crippen LogP contribution in [0, 0.1) is 13.8 Å². The first-order valence-electron chi connectivity index (χ1n) is 5.65. The van der Waals surface area contributed by atoms with Crippen LogP contribution in [0.3, 0.4) is 0 Å². The van der Waals surface area contributed by atoms with E-state index in [-0.39, 0.29) is 29.6 Å². The van der Waals surface area contributed by atoms with Crippen LogP contribution in [0.15, 0.2) is 17.0 Å². The van der Waals surface area contributed by atoms with E-state index >= 15 is 0 Å². The predicted octanol–water partition coefficient (Wildman–Crippen LogP) is 1.75. The number of carbonyl (C=O) groups is 1. The van der Waals surface area contributed by atoms with E-state index in [1.165, 1.54) is 13.1 Å². The zero-order valence-electron chi connectivity index (χ0n) is 11.0. The maximum absolute atomic E-state index is 11.5. The van der Waals surface area contributed by atoms with Crippen LogP contribution in [0.1, 0.15) is 17.5 Å². The van der Waals surface area contributed by atoms with Gasteiger partial charge in [-0.3, -0.25) is 4.79 Å². The molecule has 0 radical (unpaired) electrons. The lowest BCUT2D eigenvalue weighted by atomic mass is 10.1. The molecule has 7 heteroatoms. The second-order valence-corrected chi connectivity index (χ2v) is 6.65. The van der Waals surface area contributed by atoms with Gasteiger partial charge in [0.25, 0.3) is 9.05 Å². The standard InChI is InChI=1S/C12H16ClNO4S/c1-8-6-9(2)12(10(7-8)19(13,16)17)18-5-4-11(15)14-3/h6-7H,4-5H2,1-3H3,(H,14,15). The molecular formula is C12H16ClNO4S. The Balaban J connectivity index is 3.03. The molecule has 5 nitrogen and oxygen atoms in total. The number of hydrogen-bond donors (Lipinski definition) is 1. The number of amides is 1. The lowest BCUT2D eigenvalue weighted by Crippen LogP contribution is -2.20. The number of carbonyl (C=O) groups excluding carboxylic acids is 1. The Kier molecular flexibility index (Phi) is 5.20. The van der Waals surface area contributed by atoms with E-state index < -0.39 is 9.05 Å². The summed E-state index contributed by atoms with van der Waals surface area (Å²) in [5.41, 5.74) is 1.44. The predicted molar refractivity (Wildman–Crippen MR) is 73.1 cm³/mol. The molecule has 0 atom stereocenters. The third-order valence-corrected chi connectivity index (χ3v) is 3.83. The van der Waals surface area contributed by atoms with Gasteiger partial charge < -0.3 is 10.1 Å². The molecule has 0 saturated heterocycles. The average Bonchev–Trinajstić information content (AvgIpc) is 2.29. The van der Waals surface area contributed by atoms with E-state index in [4.69, 9.17) is 15.4 Å². The average molecular weight is 306 g/mol. The first-order chi connectivity index (χ1) is 8.75. The normalized spacial score (nSPS) is 11.2. The fraction of sp³-hybridized carbons (Fsp3) is 0.417. The molecular weight excluding hydrogens is 290 g/mol. The van der Waals surface area contributed by atoms with Gasteiger partial charge in [-0.15, -0.1) is 0 Å². The molecule has 1 aromatic carbocycles. The number of nitrogens with one attached hydrogen (secondary N) is 1. The highest BCUT2D eigenvalue weighted by Crippen LogP contribution is 2.31. The molecule has 0 aliphatic heterocycles. The molecule has 0 aliphatic rings. The van der Waals surface area contributed by atoms with Crippen molar-refractivity contribution in [3.05, 3.63) is 23.3 Å². The Morgan fingerprint density at radius 3 is 2.53 bits per heavy atom. The van der Waals surface area contributed by atoms with Crippen LogP contribution in [-0.2, 0) is 13.8 Å². The fourth-order valence-electron chi connectivity index (χ4n) is 1.65. The van der Waals surface area contributed by atoms with Crippen LogP contribution in [0.4, 0.5) is 0 Å². The molecule has 0 spiro atoms. The molecule has 0 aromatic heterocycles. The van der Waals surface area contributed by atoms with Crippen LogP contribution < -0.4 is 10.1 Å². The lowest BCUT2D eigenvalue weighted by molar-refractivity contribution is -0.121. The van der Waals surface area contributed by atoms with E-state index in [1.54, 1.807) is 19.9 Å². The van der Waals surface area contributed by atoms with Crippen LogP contribution >= 0.6 is 10.7 Å². The quantitative estimate of drug-likeness (QED) is 0.841. The monoisotopic (exact) mass is 305 g/mol. The Morgan fingerprint density at radius 2 is 2.00 bits per heavy atom. The summed E-state index contributed by atoms with van der Waals surface area (Å²) in [5, 5.41) is 2.46. The van der Waals surface area contributed by atoms with Crippen molar-refractivity contribution >= 4 is 25.6 Å². The Morgan fingerprint density at radius 1 is 1.37 bits per heavy atom. The van der Waals surface area contributed by atoms with Gasteiger partial charge >= 0.3 is 0 Å². The number of benzene rings is 1. The van der Waals surface area contributed by atoms with Crippen molar-refractivity contribution in [2.45, 2.75) is 25.2 Å².